The summed E-state index contributed by atoms with van der Waals surface area (Å²) in [7, 11) is 2.09. The van der Waals surface area contributed by atoms with E-state index < -0.39 is 11.6 Å². The van der Waals surface area contributed by atoms with Gasteiger partial charge in [0.1, 0.15) is 17.3 Å². The largest absolute Gasteiger partial charge is 0.398 e. The highest BCUT2D eigenvalue weighted by Gasteiger charge is 2.41. The molecule has 2 aliphatic heterocycles. The smallest absolute Gasteiger partial charge is 0.164 e. The lowest BCUT2D eigenvalue weighted by Crippen LogP contribution is -2.44. The Kier molecular flexibility index (Phi) is 5.60. The molecule has 3 aromatic heterocycles. The van der Waals surface area contributed by atoms with Gasteiger partial charge in [-0.1, -0.05) is 12.1 Å². The Morgan fingerprint density at radius 1 is 0.975 bits per heavy atom. The number of nitrogens with zero attached hydrogens (tertiary/aromatic N) is 6. The molecule has 2 aromatic carbocycles. The van der Waals surface area contributed by atoms with E-state index in [0.29, 0.717) is 45.4 Å². The summed E-state index contributed by atoms with van der Waals surface area (Å²) < 4.78 is 33.1. The van der Waals surface area contributed by atoms with Gasteiger partial charge in [-0.25, -0.2) is 18.3 Å². The summed E-state index contributed by atoms with van der Waals surface area (Å²) in [5.41, 5.74) is 10.7. The maximum Gasteiger partial charge on any atom is 0.164 e. The minimum absolute atomic E-state index is 0.173. The van der Waals surface area contributed by atoms with E-state index in [1.807, 2.05) is 6.07 Å². The van der Waals surface area contributed by atoms with Crippen molar-refractivity contribution in [2.24, 2.45) is 0 Å². The zero-order chi connectivity index (χ0) is 27.5. The SMILES string of the molecule is CN1CC2CC1CN2c1cc(F)c(-c2ccnc3c(-c4cccc(N)c4C=N)c(-c4ccncc4)nn23)c(F)c1. The second kappa shape index (κ2) is 9.20. The van der Waals surface area contributed by atoms with Gasteiger partial charge in [0.05, 0.1) is 16.8 Å². The quantitative estimate of drug-likeness (QED) is 0.246. The van der Waals surface area contributed by atoms with Crippen molar-refractivity contribution < 1.29 is 8.78 Å². The van der Waals surface area contributed by atoms with Crippen LogP contribution < -0.4 is 10.6 Å². The summed E-state index contributed by atoms with van der Waals surface area (Å²) >= 11 is 0. The molecule has 2 atom stereocenters. The van der Waals surface area contributed by atoms with Crippen LogP contribution in [0.5, 0.6) is 0 Å². The van der Waals surface area contributed by atoms with Crippen LogP contribution in [0.25, 0.3) is 39.3 Å². The van der Waals surface area contributed by atoms with Gasteiger partial charge >= 0.3 is 0 Å². The van der Waals surface area contributed by atoms with Gasteiger partial charge in [0.25, 0.3) is 0 Å². The average Bonchev–Trinajstić information content (AvgIpc) is 3.65. The Morgan fingerprint density at radius 3 is 2.42 bits per heavy atom. The van der Waals surface area contributed by atoms with Crippen molar-refractivity contribution in [1.29, 1.82) is 5.41 Å². The third-order valence-corrected chi connectivity index (χ3v) is 8.15. The van der Waals surface area contributed by atoms with Crippen LogP contribution in [0.15, 0.2) is 67.1 Å². The molecule has 10 heteroatoms. The molecule has 2 bridgehead atoms. The number of likely N-dealkylation sites (N-methyl/N-ethyl adjacent to an activating group) is 1. The molecule has 200 valence electrons. The number of hydrogen-bond acceptors (Lipinski definition) is 7. The number of halogens is 2. The predicted octanol–water partition coefficient (Wildman–Crippen LogP) is 4.88. The standard InChI is InChI=1S/C30H26F2N8/c1-38-15-20-11-19(38)16-39(20)18-12-23(31)28(24(32)13-18)26-7-10-36-30-27(21-3-2-4-25(34)22(21)14-33)29(37-40(26)30)17-5-8-35-9-6-17/h2-10,12-14,19-20,33H,11,15-16,34H2,1H3. The maximum atomic E-state index is 15.8. The first-order chi connectivity index (χ1) is 19.4. The maximum absolute atomic E-state index is 15.8. The van der Waals surface area contributed by atoms with Crippen molar-refractivity contribution in [3.8, 4) is 33.6 Å². The van der Waals surface area contributed by atoms with E-state index in [2.05, 4.69) is 26.8 Å². The number of nitrogens with two attached hydrogens (primary N) is 1. The zero-order valence-electron chi connectivity index (χ0n) is 21.7. The number of fused-ring (bicyclic) bond motifs is 3. The van der Waals surface area contributed by atoms with Crippen LogP contribution in [0.1, 0.15) is 12.0 Å². The van der Waals surface area contributed by atoms with Crippen LogP contribution in [0.4, 0.5) is 20.2 Å². The summed E-state index contributed by atoms with van der Waals surface area (Å²) in [6.07, 6.45) is 7.01. The number of nitrogen functional groups attached to an aromatic ring is 1. The Labute approximate surface area is 229 Å². The van der Waals surface area contributed by atoms with Gasteiger partial charge in [0, 0.05) is 72.5 Å². The summed E-state index contributed by atoms with van der Waals surface area (Å²) in [4.78, 5) is 13.1. The number of anilines is 2. The molecule has 0 spiro atoms. The molecule has 2 unspecified atom stereocenters. The second-order valence-corrected chi connectivity index (χ2v) is 10.4. The van der Waals surface area contributed by atoms with Gasteiger partial charge in [-0.3, -0.25) is 9.88 Å². The molecule has 0 saturated carbocycles. The van der Waals surface area contributed by atoms with E-state index in [1.165, 1.54) is 29.1 Å². The third-order valence-electron chi connectivity index (χ3n) is 8.15. The van der Waals surface area contributed by atoms with E-state index in [4.69, 9.17) is 16.2 Å². The zero-order valence-corrected chi connectivity index (χ0v) is 21.7. The van der Waals surface area contributed by atoms with Crippen LogP contribution in [-0.2, 0) is 0 Å². The first kappa shape index (κ1) is 24.3. The van der Waals surface area contributed by atoms with Crippen molar-refractivity contribution in [3.63, 3.8) is 0 Å². The number of nitrogens with one attached hydrogen (secondary N) is 1. The van der Waals surface area contributed by atoms with Crippen molar-refractivity contribution in [3.05, 3.63) is 84.3 Å². The van der Waals surface area contributed by atoms with E-state index in [-0.39, 0.29) is 17.3 Å². The third kappa shape index (κ3) is 3.67. The molecule has 40 heavy (non-hydrogen) atoms. The highest BCUT2D eigenvalue weighted by molar-refractivity contribution is 6.01. The molecule has 0 aliphatic carbocycles. The van der Waals surface area contributed by atoms with Crippen LogP contribution in [0.3, 0.4) is 0 Å². The lowest BCUT2D eigenvalue weighted by Gasteiger charge is -2.33. The Morgan fingerprint density at radius 2 is 1.75 bits per heavy atom. The number of benzene rings is 2. The molecule has 3 N–H and O–H groups in total. The Hall–Kier alpha value is -4.70. The van der Waals surface area contributed by atoms with E-state index in [1.54, 1.807) is 42.7 Å². The lowest BCUT2D eigenvalue weighted by molar-refractivity contribution is 0.292. The van der Waals surface area contributed by atoms with Crippen LogP contribution in [0, 0.1) is 17.0 Å². The highest BCUT2D eigenvalue weighted by Crippen LogP contribution is 2.40. The number of aromatic nitrogens is 4. The molecular formula is C30H26F2N8. The van der Waals surface area contributed by atoms with Gasteiger partial charge < -0.3 is 16.0 Å². The number of likely N-dealkylation sites (tertiary alicyclic amines) is 1. The second-order valence-electron chi connectivity index (χ2n) is 10.4. The number of rotatable bonds is 5. The van der Waals surface area contributed by atoms with E-state index >= 15 is 8.78 Å². The fourth-order valence-corrected chi connectivity index (χ4v) is 6.21. The molecule has 5 heterocycles. The first-order valence-electron chi connectivity index (χ1n) is 13.1. The number of piperazine rings is 1. The Bertz CT molecular complexity index is 1760. The molecule has 2 fully saturated rings. The summed E-state index contributed by atoms with van der Waals surface area (Å²) in [5.74, 6) is -1.32. The fourth-order valence-electron chi connectivity index (χ4n) is 6.21. The van der Waals surface area contributed by atoms with Crippen molar-refractivity contribution in [2.45, 2.75) is 18.5 Å². The molecule has 0 radical (unpaired) electrons. The van der Waals surface area contributed by atoms with Crippen LogP contribution in [-0.4, -0.2) is 62.9 Å². The lowest BCUT2D eigenvalue weighted by atomic mass is 9.96. The molecule has 0 amide bonds. The highest BCUT2D eigenvalue weighted by atomic mass is 19.1. The minimum Gasteiger partial charge on any atom is -0.398 e. The van der Waals surface area contributed by atoms with Crippen LogP contribution >= 0.6 is 0 Å². The summed E-state index contributed by atoms with van der Waals surface area (Å²) in [5, 5.41) is 12.8. The molecular weight excluding hydrogens is 510 g/mol. The predicted molar refractivity (Wildman–Crippen MR) is 151 cm³/mol. The van der Waals surface area contributed by atoms with Crippen LogP contribution in [0.2, 0.25) is 0 Å². The van der Waals surface area contributed by atoms with E-state index in [9.17, 15) is 0 Å². The first-order valence-corrected chi connectivity index (χ1v) is 13.1. The molecule has 5 aromatic rings. The molecule has 8 nitrogen and oxygen atoms in total. The fraction of sp³-hybridized carbons (Fsp3) is 0.200. The van der Waals surface area contributed by atoms with Gasteiger partial charge in [-0.15, -0.1) is 0 Å². The monoisotopic (exact) mass is 536 g/mol. The topological polar surface area (TPSA) is 99.4 Å². The molecule has 2 aliphatic rings. The summed E-state index contributed by atoms with van der Waals surface area (Å²) in [6, 6.07) is 14.0. The average molecular weight is 537 g/mol. The minimum atomic E-state index is -0.662. The van der Waals surface area contributed by atoms with E-state index in [0.717, 1.165) is 25.1 Å². The van der Waals surface area contributed by atoms with Gasteiger partial charge in [-0.2, -0.15) is 5.10 Å². The van der Waals surface area contributed by atoms with Crippen molar-refractivity contribution in [1.82, 2.24) is 24.5 Å². The molecule has 2 saturated heterocycles. The normalized spacial score (nSPS) is 18.6. The van der Waals surface area contributed by atoms with Crippen molar-refractivity contribution in [2.75, 3.05) is 30.8 Å². The number of pyridine rings is 1. The molecule has 7 rings (SSSR count). The Balaban J connectivity index is 1.43. The van der Waals surface area contributed by atoms with Gasteiger partial charge in [-0.05, 0) is 55.4 Å². The summed E-state index contributed by atoms with van der Waals surface area (Å²) in [6.45, 7) is 1.64. The van der Waals surface area contributed by atoms with Gasteiger partial charge in [0.2, 0.25) is 0 Å². The van der Waals surface area contributed by atoms with Crippen molar-refractivity contribution >= 4 is 23.2 Å². The number of hydrogen-bond donors (Lipinski definition) is 2. The van der Waals surface area contributed by atoms with Gasteiger partial charge in [0.15, 0.2) is 5.65 Å².